The number of rotatable bonds is 5. The smallest absolute Gasteiger partial charge is 0.381 e. The highest BCUT2D eigenvalue weighted by atomic mass is 35.7. The van der Waals surface area contributed by atoms with Gasteiger partial charge < -0.3 is 4.74 Å². The van der Waals surface area contributed by atoms with E-state index in [9.17, 15) is 0 Å². The zero-order chi connectivity index (χ0) is 7.11. The second-order valence-electron chi connectivity index (χ2n) is 1.48. The van der Waals surface area contributed by atoms with Crippen LogP contribution in [0.5, 0.6) is 0 Å². The average Bonchev–Trinajstić information content (AvgIpc) is 1.80. The Bertz CT molecular complexity index is 61.8. The predicted molar refractivity (Wildman–Crippen MR) is 43.8 cm³/mol. The normalized spacial score (nSPS) is 9.67. The number of halogens is 3. The molecule has 0 radical (unpaired) electrons. The summed E-state index contributed by atoms with van der Waals surface area (Å²) < 4.78 is 5.03. The van der Waals surface area contributed by atoms with Gasteiger partial charge in [0.25, 0.3) is 0 Å². The van der Waals surface area contributed by atoms with Crippen LogP contribution >= 0.6 is 31.7 Å². The first-order valence-electron chi connectivity index (χ1n) is 2.69. The quantitative estimate of drug-likeness (QED) is 0.380. The van der Waals surface area contributed by atoms with Crippen molar-refractivity contribution in [3.8, 4) is 0 Å². The summed E-state index contributed by atoms with van der Waals surface area (Å²) in [5.74, 6) is 0.538. The summed E-state index contributed by atoms with van der Waals surface area (Å²) in [7, 11) is 11.1. The molecule has 5 heteroatoms. The maximum absolute atomic E-state index is 5.55. The van der Waals surface area contributed by atoms with Crippen molar-refractivity contribution < 1.29 is 4.74 Å². The number of ether oxygens (including phenoxy) is 1. The lowest BCUT2D eigenvalue weighted by Gasteiger charge is -1.97. The topological polar surface area (TPSA) is 9.23 Å². The Labute approximate surface area is 73.0 Å². The summed E-state index contributed by atoms with van der Waals surface area (Å²) in [6, 6.07) is 0. The minimum atomic E-state index is -1.44. The first-order chi connectivity index (χ1) is 4.27. The lowest BCUT2D eigenvalue weighted by Crippen LogP contribution is -2.02. The van der Waals surface area contributed by atoms with E-state index in [0.29, 0.717) is 19.1 Å². The summed E-state index contributed by atoms with van der Waals surface area (Å²) in [4.78, 5) is 0. The molecule has 0 aromatic heterocycles. The lowest BCUT2D eigenvalue weighted by atomic mass is 10.8. The van der Waals surface area contributed by atoms with Crippen molar-refractivity contribution in [2.24, 2.45) is 0 Å². The van der Waals surface area contributed by atoms with Crippen LogP contribution in [0.15, 0.2) is 0 Å². The van der Waals surface area contributed by atoms with Crippen LogP contribution in [0.3, 0.4) is 0 Å². The van der Waals surface area contributed by atoms with E-state index in [0.717, 1.165) is 5.28 Å². The van der Waals surface area contributed by atoms with Crippen LogP contribution < -0.4 is 0 Å². The Balaban J connectivity index is 2.75. The molecule has 0 rings (SSSR count). The largest absolute Gasteiger partial charge is 0.521 e. The first kappa shape index (κ1) is 10.4. The fourth-order valence-electron chi connectivity index (χ4n) is 0.329. The zero-order valence-electron chi connectivity index (χ0n) is 4.95. The molecular formula is C4H8AlCl3O. The molecule has 0 saturated heterocycles. The molecule has 0 aliphatic carbocycles. The maximum atomic E-state index is 5.55. The van der Waals surface area contributed by atoms with Crippen LogP contribution in [0.25, 0.3) is 0 Å². The van der Waals surface area contributed by atoms with Crippen molar-refractivity contribution in [2.45, 2.75) is 5.28 Å². The molecule has 0 saturated carbocycles. The van der Waals surface area contributed by atoms with Crippen molar-refractivity contribution in [2.75, 3.05) is 19.1 Å². The van der Waals surface area contributed by atoms with Gasteiger partial charge in [-0.3, -0.25) is 0 Å². The van der Waals surface area contributed by atoms with E-state index < -0.39 is 12.3 Å². The van der Waals surface area contributed by atoms with Crippen molar-refractivity contribution >= 4 is 44.0 Å². The van der Waals surface area contributed by atoms with E-state index >= 15 is 0 Å². The molecule has 0 aliphatic rings. The molecule has 0 heterocycles. The van der Waals surface area contributed by atoms with Gasteiger partial charge in [-0.2, -0.15) is 0 Å². The standard InChI is InChI=1S/C4H8ClO.Al.2ClH/c1-2-6-4-3-5;;;/h1-4H2;;2*1H/q;+2;;/p-2. The third-order valence-corrected chi connectivity index (χ3v) is 2.84. The second-order valence-corrected chi connectivity index (χ2v) is 7.05. The highest BCUT2D eigenvalue weighted by Gasteiger charge is 2.08. The number of hydrogen-bond acceptors (Lipinski definition) is 1. The Hall–Kier alpha value is 1.36. The van der Waals surface area contributed by atoms with Crippen LogP contribution in [-0.4, -0.2) is 31.4 Å². The molecule has 1 nitrogen and oxygen atoms in total. The number of alkyl halides is 1. The van der Waals surface area contributed by atoms with Gasteiger partial charge in [0.05, 0.1) is 6.61 Å². The van der Waals surface area contributed by atoms with E-state index in [1.54, 1.807) is 0 Å². The molecule has 9 heavy (non-hydrogen) atoms. The minimum absolute atomic E-state index is 0.538. The van der Waals surface area contributed by atoms with Gasteiger partial charge in [-0.25, -0.2) is 20.1 Å². The molecule has 0 spiro atoms. The lowest BCUT2D eigenvalue weighted by molar-refractivity contribution is 0.164. The molecule has 0 bridgehead atoms. The van der Waals surface area contributed by atoms with Crippen LogP contribution in [0.4, 0.5) is 0 Å². The Kier molecular flexibility index (Phi) is 8.60. The van der Waals surface area contributed by atoms with Crippen LogP contribution in [0, 0.1) is 0 Å². The third kappa shape index (κ3) is 9.36. The second kappa shape index (κ2) is 7.47. The zero-order valence-corrected chi connectivity index (χ0v) is 8.37. The summed E-state index contributed by atoms with van der Waals surface area (Å²) in [5.41, 5.74) is 0. The summed E-state index contributed by atoms with van der Waals surface area (Å²) in [5, 5.41) is 0.806. The van der Waals surface area contributed by atoms with E-state index in [2.05, 4.69) is 0 Å². The molecule has 54 valence electrons. The maximum Gasteiger partial charge on any atom is 0.521 e. The van der Waals surface area contributed by atoms with Gasteiger partial charge in [-0.1, -0.05) is 0 Å². The average molecular weight is 205 g/mol. The molecule has 0 unspecified atom stereocenters. The molecule has 0 amide bonds. The van der Waals surface area contributed by atoms with Gasteiger partial charge in [0.2, 0.25) is 0 Å². The molecule has 0 aliphatic heterocycles. The van der Waals surface area contributed by atoms with Gasteiger partial charge >= 0.3 is 12.3 Å². The fraction of sp³-hybridized carbons (Fsp3) is 1.00. The van der Waals surface area contributed by atoms with E-state index in [4.69, 9.17) is 36.4 Å². The van der Waals surface area contributed by atoms with Crippen molar-refractivity contribution in [3.63, 3.8) is 0 Å². The molecule has 0 atom stereocenters. The summed E-state index contributed by atoms with van der Waals surface area (Å²) in [6.07, 6.45) is 0. The van der Waals surface area contributed by atoms with Crippen molar-refractivity contribution in [1.29, 1.82) is 0 Å². The molecule has 0 fully saturated rings. The Morgan fingerprint density at radius 3 is 2.33 bits per heavy atom. The van der Waals surface area contributed by atoms with Gasteiger partial charge in [-0.05, 0) is 5.28 Å². The van der Waals surface area contributed by atoms with Gasteiger partial charge in [0, 0.05) is 12.5 Å². The van der Waals surface area contributed by atoms with E-state index in [1.165, 1.54) is 0 Å². The predicted octanol–water partition coefficient (Wildman–Crippen LogP) is 2.21. The van der Waals surface area contributed by atoms with Crippen molar-refractivity contribution in [1.82, 2.24) is 0 Å². The highest BCUT2D eigenvalue weighted by molar-refractivity contribution is 7.33. The Morgan fingerprint density at radius 2 is 1.89 bits per heavy atom. The van der Waals surface area contributed by atoms with Crippen LogP contribution in [-0.2, 0) is 4.74 Å². The molecular weight excluding hydrogens is 197 g/mol. The fourth-order valence-corrected chi connectivity index (χ4v) is 1.32. The van der Waals surface area contributed by atoms with Crippen LogP contribution in [0.2, 0.25) is 5.28 Å². The first-order valence-corrected chi connectivity index (χ1v) is 7.53. The molecule has 0 aromatic carbocycles. The van der Waals surface area contributed by atoms with Gasteiger partial charge in [-0.15, -0.1) is 11.6 Å². The summed E-state index contributed by atoms with van der Waals surface area (Å²) in [6.45, 7) is 1.24. The van der Waals surface area contributed by atoms with Gasteiger partial charge in [0.15, 0.2) is 0 Å². The summed E-state index contributed by atoms with van der Waals surface area (Å²) >= 11 is 3.90. The van der Waals surface area contributed by atoms with Crippen LogP contribution in [0.1, 0.15) is 0 Å². The highest BCUT2D eigenvalue weighted by Crippen LogP contribution is 2.02. The van der Waals surface area contributed by atoms with Gasteiger partial charge in [0.1, 0.15) is 0 Å². The monoisotopic (exact) mass is 204 g/mol. The Morgan fingerprint density at radius 1 is 1.22 bits per heavy atom. The minimum Gasteiger partial charge on any atom is -0.381 e. The van der Waals surface area contributed by atoms with E-state index in [-0.39, 0.29) is 0 Å². The SMILES string of the molecule is ClCCOC[CH2][Al]([Cl])[Cl]. The van der Waals surface area contributed by atoms with E-state index in [1.807, 2.05) is 0 Å². The molecule has 0 N–H and O–H groups in total. The van der Waals surface area contributed by atoms with Crippen molar-refractivity contribution in [3.05, 3.63) is 0 Å². The molecule has 0 aromatic rings. The number of hydrogen-bond donors (Lipinski definition) is 0. The third-order valence-electron chi connectivity index (χ3n) is 0.702.